The quantitative estimate of drug-likeness (QED) is 0.746. The molecule has 0 fully saturated rings. The number of allylic oxidation sites excluding steroid dienone is 1. The van der Waals surface area contributed by atoms with Gasteiger partial charge in [0, 0.05) is 5.56 Å². The Balaban J connectivity index is 2.09. The molecule has 3 rings (SSSR count). The Morgan fingerprint density at radius 2 is 2.09 bits per heavy atom. The highest BCUT2D eigenvalue weighted by Gasteiger charge is 2.12. The maximum absolute atomic E-state index is 10.1. The van der Waals surface area contributed by atoms with E-state index in [1.54, 1.807) is 30.3 Å². The van der Waals surface area contributed by atoms with Crippen molar-refractivity contribution in [1.82, 2.24) is 4.98 Å². The first-order valence-electron chi connectivity index (χ1n) is 6.56. The number of hydrogen-bond acceptors (Lipinski definition) is 5. The molecule has 3 aromatic rings. The zero-order chi connectivity index (χ0) is 15.5. The fourth-order valence-corrected chi connectivity index (χ4v) is 2.11. The molecule has 1 heterocycles. The second-order valence-corrected chi connectivity index (χ2v) is 4.55. The van der Waals surface area contributed by atoms with Gasteiger partial charge in [-0.2, -0.15) is 5.26 Å². The number of rotatable bonds is 3. The Labute approximate surface area is 126 Å². The van der Waals surface area contributed by atoms with Gasteiger partial charge in [-0.3, -0.25) is 0 Å². The lowest BCUT2D eigenvalue weighted by molar-refractivity contribution is 0.373. The minimum absolute atomic E-state index is 0.0335. The molecule has 0 saturated carbocycles. The van der Waals surface area contributed by atoms with Crippen LogP contribution in [0.4, 0.5) is 0 Å². The first-order valence-corrected chi connectivity index (χ1v) is 6.56. The van der Waals surface area contributed by atoms with E-state index in [0.29, 0.717) is 22.4 Å². The van der Waals surface area contributed by atoms with E-state index >= 15 is 0 Å². The van der Waals surface area contributed by atoms with E-state index in [1.165, 1.54) is 13.2 Å². The summed E-state index contributed by atoms with van der Waals surface area (Å²) in [5, 5.41) is 19.4. The molecule has 0 saturated heterocycles. The lowest BCUT2D eigenvalue weighted by atomic mass is 10.1. The number of phenolic OH excluding ortho intramolecular Hbond substituents is 1. The van der Waals surface area contributed by atoms with E-state index in [0.717, 1.165) is 0 Å². The van der Waals surface area contributed by atoms with Crippen molar-refractivity contribution in [2.24, 2.45) is 0 Å². The van der Waals surface area contributed by atoms with Gasteiger partial charge in [0.15, 0.2) is 17.1 Å². The van der Waals surface area contributed by atoms with Crippen LogP contribution >= 0.6 is 0 Å². The minimum Gasteiger partial charge on any atom is -0.504 e. The van der Waals surface area contributed by atoms with Crippen LogP contribution in [0, 0.1) is 11.3 Å². The third kappa shape index (κ3) is 2.38. The number of nitriles is 1. The summed E-state index contributed by atoms with van der Waals surface area (Å²) in [5.74, 6) is 0.517. The van der Waals surface area contributed by atoms with E-state index in [9.17, 15) is 10.4 Å². The van der Waals surface area contributed by atoms with Crippen molar-refractivity contribution in [3.8, 4) is 17.6 Å². The predicted octanol–water partition coefficient (Wildman–Crippen LogP) is 3.61. The Morgan fingerprint density at radius 1 is 1.27 bits per heavy atom. The van der Waals surface area contributed by atoms with Crippen LogP contribution in [0.5, 0.6) is 11.5 Å². The summed E-state index contributed by atoms with van der Waals surface area (Å²) >= 11 is 0. The largest absolute Gasteiger partial charge is 0.504 e. The van der Waals surface area contributed by atoms with Crippen molar-refractivity contribution in [2.45, 2.75) is 0 Å². The first-order chi connectivity index (χ1) is 10.7. The average molecular weight is 292 g/mol. The molecule has 1 N–H and O–H groups in total. The van der Waals surface area contributed by atoms with Crippen LogP contribution in [0.2, 0.25) is 0 Å². The van der Waals surface area contributed by atoms with Gasteiger partial charge in [0.25, 0.3) is 0 Å². The molecule has 22 heavy (non-hydrogen) atoms. The molecule has 0 amide bonds. The molecule has 0 radical (unpaired) electrons. The number of phenols is 1. The average Bonchev–Trinajstić information content (AvgIpc) is 2.97. The summed E-state index contributed by atoms with van der Waals surface area (Å²) in [7, 11) is 1.47. The molecule has 0 unspecified atom stereocenters. The lowest BCUT2D eigenvalue weighted by Gasteiger charge is -2.05. The summed E-state index contributed by atoms with van der Waals surface area (Å²) in [5.41, 5.74) is 1.96. The minimum atomic E-state index is -0.0335. The number of ether oxygens (including phenoxy) is 1. The van der Waals surface area contributed by atoms with Crippen LogP contribution in [0.15, 0.2) is 46.9 Å². The summed E-state index contributed by atoms with van der Waals surface area (Å²) in [4.78, 5) is 4.28. The zero-order valence-corrected chi connectivity index (χ0v) is 11.8. The molecule has 108 valence electrons. The Morgan fingerprint density at radius 3 is 2.82 bits per heavy atom. The predicted molar refractivity (Wildman–Crippen MR) is 82.2 cm³/mol. The molecule has 2 aromatic carbocycles. The number of fused-ring (bicyclic) bond motifs is 1. The SMILES string of the molecule is COc1cccc(/C=C(\C#N)c2nc3ccccc3o2)c1O. The number of oxazole rings is 1. The lowest BCUT2D eigenvalue weighted by Crippen LogP contribution is -1.87. The maximum Gasteiger partial charge on any atom is 0.238 e. The van der Waals surface area contributed by atoms with Crippen LogP contribution in [0.1, 0.15) is 11.5 Å². The fraction of sp³-hybridized carbons (Fsp3) is 0.0588. The molecule has 1 aromatic heterocycles. The Bertz CT molecular complexity index is 871. The van der Waals surface area contributed by atoms with Crippen LogP contribution in [-0.4, -0.2) is 17.2 Å². The van der Waals surface area contributed by atoms with E-state index in [2.05, 4.69) is 4.98 Å². The topological polar surface area (TPSA) is 79.3 Å². The fourth-order valence-electron chi connectivity index (χ4n) is 2.11. The van der Waals surface area contributed by atoms with Gasteiger partial charge < -0.3 is 14.3 Å². The second kappa shape index (κ2) is 5.62. The van der Waals surface area contributed by atoms with Gasteiger partial charge >= 0.3 is 0 Å². The normalized spacial score (nSPS) is 11.4. The third-order valence-corrected chi connectivity index (χ3v) is 3.19. The highest BCUT2D eigenvalue weighted by Crippen LogP contribution is 2.32. The second-order valence-electron chi connectivity index (χ2n) is 4.55. The standard InChI is InChI=1S/C17H12N2O3/c1-21-15-8-4-5-11(16(15)20)9-12(10-18)17-19-13-6-2-3-7-14(13)22-17/h2-9,20H,1H3/b12-9+. The van der Waals surface area contributed by atoms with Crippen molar-refractivity contribution >= 4 is 22.7 Å². The van der Waals surface area contributed by atoms with E-state index < -0.39 is 0 Å². The molecule has 0 bridgehead atoms. The highest BCUT2D eigenvalue weighted by molar-refractivity contribution is 5.90. The van der Waals surface area contributed by atoms with Gasteiger partial charge in [-0.05, 0) is 24.3 Å². The zero-order valence-electron chi connectivity index (χ0n) is 11.8. The molecule has 0 aliphatic heterocycles. The molecule has 0 spiro atoms. The van der Waals surface area contributed by atoms with Crippen molar-refractivity contribution in [1.29, 1.82) is 5.26 Å². The number of benzene rings is 2. The van der Waals surface area contributed by atoms with Crippen molar-refractivity contribution in [3.63, 3.8) is 0 Å². The van der Waals surface area contributed by atoms with Gasteiger partial charge in [0.05, 0.1) is 7.11 Å². The van der Waals surface area contributed by atoms with E-state index in [1.807, 2.05) is 18.2 Å². The van der Waals surface area contributed by atoms with Crippen LogP contribution in [-0.2, 0) is 0 Å². The van der Waals surface area contributed by atoms with E-state index in [-0.39, 0.29) is 17.2 Å². The van der Waals surface area contributed by atoms with Crippen molar-refractivity contribution < 1.29 is 14.3 Å². The molecular weight excluding hydrogens is 280 g/mol. The van der Waals surface area contributed by atoms with Crippen LogP contribution < -0.4 is 4.74 Å². The molecular formula is C17H12N2O3. The van der Waals surface area contributed by atoms with Gasteiger partial charge in [0.2, 0.25) is 5.89 Å². The molecule has 0 aliphatic carbocycles. The summed E-state index contributed by atoms with van der Waals surface area (Å²) < 4.78 is 10.6. The summed E-state index contributed by atoms with van der Waals surface area (Å²) in [6.07, 6.45) is 1.52. The number of aromatic nitrogens is 1. The smallest absolute Gasteiger partial charge is 0.238 e. The van der Waals surface area contributed by atoms with Gasteiger partial charge in [0.1, 0.15) is 17.2 Å². The highest BCUT2D eigenvalue weighted by atomic mass is 16.5. The number of methoxy groups -OCH3 is 1. The number of hydrogen-bond donors (Lipinski definition) is 1. The Hall–Kier alpha value is -3.26. The number of nitrogens with zero attached hydrogens (tertiary/aromatic N) is 2. The van der Waals surface area contributed by atoms with E-state index in [4.69, 9.17) is 9.15 Å². The monoisotopic (exact) mass is 292 g/mol. The van der Waals surface area contributed by atoms with Crippen LogP contribution in [0.3, 0.4) is 0 Å². The number of aromatic hydroxyl groups is 1. The summed E-state index contributed by atoms with van der Waals surface area (Å²) in [6, 6.07) is 14.4. The molecule has 5 nitrogen and oxygen atoms in total. The van der Waals surface area contributed by atoms with Crippen LogP contribution in [0.25, 0.3) is 22.7 Å². The first kappa shape index (κ1) is 13.7. The van der Waals surface area contributed by atoms with Gasteiger partial charge in [-0.15, -0.1) is 0 Å². The third-order valence-electron chi connectivity index (χ3n) is 3.19. The Kier molecular flexibility index (Phi) is 3.50. The van der Waals surface area contributed by atoms with Gasteiger partial charge in [-0.25, -0.2) is 4.98 Å². The maximum atomic E-state index is 10.1. The molecule has 0 atom stereocenters. The van der Waals surface area contributed by atoms with Gasteiger partial charge in [-0.1, -0.05) is 24.3 Å². The molecule has 0 aliphatic rings. The molecule has 5 heteroatoms. The van der Waals surface area contributed by atoms with Crippen molar-refractivity contribution in [3.05, 3.63) is 53.9 Å². The summed E-state index contributed by atoms with van der Waals surface area (Å²) in [6.45, 7) is 0. The van der Waals surface area contributed by atoms with Crippen molar-refractivity contribution in [2.75, 3.05) is 7.11 Å². The number of para-hydroxylation sites is 3.